The van der Waals surface area contributed by atoms with E-state index in [9.17, 15) is 9.90 Å². The number of amides is 1. The second-order valence-corrected chi connectivity index (χ2v) is 12.3. The van der Waals surface area contributed by atoms with Crippen molar-refractivity contribution in [2.24, 2.45) is 29.4 Å². The van der Waals surface area contributed by atoms with E-state index in [1.165, 1.54) is 0 Å². The number of methoxy groups -OCH3 is 2. The van der Waals surface area contributed by atoms with Gasteiger partial charge in [-0.15, -0.1) is 12.4 Å². The van der Waals surface area contributed by atoms with Gasteiger partial charge in [-0.05, 0) is 61.6 Å². The van der Waals surface area contributed by atoms with Crippen LogP contribution in [0.4, 0.5) is 0 Å². The SMILES string of the molecule is COCCCOc1cc(C[C@@H](C[C@H](N)[C@@H](O)C[C@H](C(=O)NC(C)CN2CCOCC2)C(C)C)C(C)C)ccc1OC.Cl. The van der Waals surface area contributed by atoms with Gasteiger partial charge in [0.05, 0.1) is 33.0 Å². The predicted molar refractivity (Wildman–Crippen MR) is 171 cm³/mol. The van der Waals surface area contributed by atoms with Gasteiger partial charge in [0.2, 0.25) is 5.91 Å². The second kappa shape index (κ2) is 20.4. The second-order valence-electron chi connectivity index (χ2n) is 12.3. The standard InChI is InChI=1S/C32H57N3O6.ClH/c1-22(2)26(17-25-9-10-30(39-7)31(18-25)41-14-8-13-38-6)19-28(33)29(36)20-27(23(3)4)32(37)34-24(5)21-35-11-15-40-16-12-35;/h9-10,18,22-24,26-29,36H,8,11-17,19-21,33H2,1-7H3,(H,34,37);1H/t24?,26-,27-,28-,29-;/m0./s1. The largest absolute Gasteiger partial charge is 0.493 e. The number of rotatable bonds is 19. The van der Waals surface area contributed by atoms with E-state index in [1.807, 2.05) is 32.9 Å². The highest BCUT2D eigenvalue weighted by Gasteiger charge is 2.30. The van der Waals surface area contributed by atoms with Crippen LogP contribution in [0, 0.1) is 23.7 Å². The number of morpholine rings is 1. The molecule has 5 atom stereocenters. The number of nitrogens with one attached hydrogen (secondary N) is 1. The van der Waals surface area contributed by atoms with Crippen molar-refractivity contribution < 1.29 is 28.8 Å². The maximum absolute atomic E-state index is 13.2. The van der Waals surface area contributed by atoms with E-state index in [1.54, 1.807) is 14.2 Å². The molecule has 0 spiro atoms. The van der Waals surface area contributed by atoms with Gasteiger partial charge in [-0.2, -0.15) is 0 Å². The first kappa shape index (κ1) is 38.4. The van der Waals surface area contributed by atoms with Gasteiger partial charge >= 0.3 is 0 Å². The fourth-order valence-corrected chi connectivity index (χ4v) is 5.43. The lowest BCUT2D eigenvalue weighted by Crippen LogP contribution is -2.49. The van der Waals surface area contributed by atoms with Crippen LogP contribution < -0.4 is 20.5 Å². The van der Waals surface area contributed by atoms with Crippen LogP contribution in [-0.2, 0) is 20.7 Å². The zero-order valence-electron chi connectivity index (χ0n) is 27.0. The van der Waals surface area contributed by atoms with Crippen LogP contribution in [-0.4, -0.2) is 94.4 Å². The molecule has 1 aliphatic heterocycles. The molecule has 42 heavy (non-hydrogen) atoms. The molecule has 0 aromatic heterocycles. The normalized spacial score (nSPS) is 17.7. The molecule has 1 aliphatic rings. The molecule has 244 valence electrons. The maximum Gasteiger partial charge on any atom is 0.223 e. The van der Waals surface area contributed by atoms with Gasteiger partial charge in [0.1, 0.15) is 0 Å². The summed E-state index contributed by atoms with van der Waals surface area (Å²) in [5.74, 6) is 1.83. The summed E-state index contributed by atoms with van der Waals surface area (Å²) in [7, 11) is 3.32. The van der Waals surface area contributed by atoms with Gasteiger partial charge in [-0.3, -0.25) is 9.69 Å². The molecule has 10 heteroatoms. The summed E-state index contributed by atoms with van der Waals surface area (Å²) < 4.78 is 22.0. The van der Waals surface area contributed by atoms with Gasteiger partial charge in [0.15, 0.2) is 11.5 Å². The molecule has 1 unspecified atom stereocenters. The van der Waals surface area contributed by atoms with Crippen molar-refractivity contribution in [3.63, 3.8) is 0 Å². The van der Waals surface area contributed by atoms with Gasteiger partial charge in [-0.1, -0.05) is 33.8 Å². The van der Waals surface area contributed by atoms with E-state index in [0.29, 0.717) is 37.7 Å². The first-order chi connectivity index (χ1) is 19.5. The van der Waals surface area contributed by atoms with Crippen LogP contribution in [0.15, 0.2) is 18.2 Å². The number of nitrogens with zero attached hydrogens (tertiary/aromatic N) is 1. The Kier molecular flexibility index (Phi) is 18.6. The third kappa shape index (κ3) is 13.3. The van der Waals surface area contributed by atoms with E-state index < -0.39 is 12.1 Å². The van der Waals surface area contributed by atoms with Gasteiger partial charge in [0.25, 0.3) is 0 Å². The Labute approximate surface area is 260 Å². The summed E-state index contributed by atoms with van der Waals surface area (Å²) >= 11 is 0. The van der Waals surface area contributed by atoms with Crippen LogP contribution in [0.2, 0.25) is 0 Å². The van der Waals surface area contributed by atoms with E-state index in [-0.39, 0.29) is 42.1 Å². The van der Waals surface area contributed by atoms with Crippen molar-refractivity contribution in [1.29, 1.82) is 0 Å². The lowest BCUT2D eigenvalue weighted by Gasteiger charge is -2.32. The number of halogens is 1. The topological polar surface area (TPSA) is 116 Å². The highest BCUT2D eigenvalue weighted by molar-refractivity contribution is 5.85. The summed E-state index contributed by atoms with van der Waals surface area (Å²) in [5, 5.41) is 14.3. The Morgan fingerprint density at radius 1 is 1.05 bits per heavy atom. The molecular weight excluding hydrogens is 558 g/mol. The number of carbonyl (C=O) groups excluding carboxylic acids is 1. The molecular formula is C32H58ClN3O6. The fourth-order valence-electron chi connectivity index (χ4n) is 5.43. The van der Waals surface area contributed by atoms with Crippen molar-refractivity contribution in [1.82, 2.24) is 10.2 Å². The zero-order chi connectivity index (χ0) is 30.4. The molecule has 0 aliphatic carbocycles. The summed E-state index contributed by atoms with van der Waals surface area (Å²) in [4.78, 5) is 15.5. The smallest absolute Gasteiger partial charge is 0.223 e. The number of aliphatic hydroxyl groups is 1. The Bertz CT molecular complexity index is 884. The summed E-state index contributed by atoms with van der Waals surface area (Å²) in [5.41, 5.74) is 7.74. The van der Waals surface area contributed by atoms with E-state index in [0.717, 1.165) is 57.0 Å². The number of benzene rings is 1. The van der Waals surface area contributed by atoms with Crippen molar-refractivity contribution in [2.75, 3.05) is 60.3 Å². The Morgan fingerprint density at radius 3 is 2.33 bits per heavy atom. The number of aliphatic hydroxyl groups excluding tert-OH is 1. The van der Waals surface area contributed by atoms with Crippen molar-refractivity contribution in [3.05, 3.63) is 23.8 Å². The third-order valence-electron chi connectivity index (χ3n) is 8.15. The number of carbonyl (C=O) groups is 1. The van der Waals surface area contributed by atoms with Crippen LogP contribution in [0.3, 0.4) is 0 Å². The fraction of sp³-hybridized carbons (Fsp3) is 0.781. The minimum Gasteiger partial charge on any atom is -0.493 e. The van der Waals surface area contributed by atoms with Crippen molar-refractivity contribution in [2.45, 2.75) is 78.5 Å². The van der Waals surface area contributed by atoms with Crippen LogP contribution in [0.25, 0.3) is 0 Å². The predicted octanol–water partition coefficient (Wildman–Crippen LogP) is 3.92. The van der Waals surface area contributed by atoms with Crippen LogP contribution in [0.5, 0.6) is 11.5 Å². The van der Waals surface area contributed by atoms with Crippen molar-refractivity contribution >= 4 is 18.3 Å². The molecule has 1 aromatic carbocycles. The Hall–Kier alpha value is -1.62. The number of nitrogens with two attached hydrogens (primary N) is 1. The molecule has 1 saturated heterocycles. The zero-order valence-corrected chi connectivity index (χ0v) is 27.8. The molecule has 0 bridgehead atoms. The summed E-state index contributed by atoms with van der Waals surface area (Å²) in [6, 6.07) is 5.65. The maximum atomic E-state index is 13.2. The lowest BCUT2D eigenvalue weighted by molar-refractivity contribution is -0.128. The molecule has 4 N–H and O–H groups in total. The molecule has 9 nitrogen and oxygen atoms in total. The molecule has 2 rings (SSSR count). The molecule has 1 aromatic rings. The number of hydrogen-bond donors (Lipinski definition) is 3. The highest BCUT2D eigenvalue weighted by Crippen LogP contribution is 2.31. The number of ether oxygens (including phenoxy) is 4. The number of hydrogen-bond acceptors (Lipinski definition) is 8. The third-order valence-corrected chi connectivity index (χ3v) is 8.15. The highest BCUT2D eigenvalue weighted by atomic mass is 35.5. The van der Waals surface area contributed by atoms with Gasteiger partial charge in [0, 0.05) is 57.8 Å². The Morgan fingerprint density at radius 2 is 1.74 bits per heavy atom. The molecule has 0 radical (unpaired) electrons. The summed E-state index contributed by atoms with van der Waals surface area (Å²) in [6.45, 7) is 15.7. The minimum absolute atomic E-state index is 0. The first-order valence-corrected chi connectivity index (χ1v) is 15.4. The average Bonchev–Trinajstić information content (AvgIpc) is 2.93. The van der Waals surface area contributed by atoms with Gasteiger partial charge < -0.3 is 35.1 Å². The first-order valence-electron chi connectivity index (χ1n) is 15.4. The monoisotopic (exact) mass is 615 g/mol. The van der Waals surface area contributed by atoms with Crippen molar-refractivity contribution in [3.8, 4) is 11.5 Å². The lowest BCUT2D eigenvalue weighted by atomic mass is 9.80. The van der Waals surface area contributed by atoms with Crippen LogP contribution in [0.1, 0.15) is 59.4 Å². The van der Waals surface area contributed by atoms with E-state index in [2.05, 4.69) is 30.1 Å². The quantitative estimate of drug-likeness (QED) is 0.201. The molecule has 1 fully saturated rings. The minimum atomic E-state index is -0.764. The molecule has 0 saturated carbocycles. The van der Waals surface area contributed by atoms with Crippen LogP contribution >= 0.6 is 12.4 Å². The Balaban J connectivity index is 0.00000882. The van der Waals surface area contributed by atoms with E-state index >= 15 is 0 Å². The summed E-state index contributed by atoms with van der Waals surface area (Å²) in [6.07, 6.45) is 1.85. The average molecular weight is 616 g/mol. The molecule has 1 heterocycles. The molecule has 1 amide bonds. The van der Waals surface area contributed by atoms with Gasteiger partial charge in [-0.25, -0.2) is 0 Å². The van der Waals surface area contributed by atoms with E-state index in [4.69, 9.17) is 24.7 Å².